The van der Waals surface area contributed by atoms with E-state index in [1.165, 1.54) is 0 Å². The molecule has 0 bridgehead atoms. The summed E-state index contributed by atoms with van der Waals surface area (Å²) < 4.78 is 0. The second kappa shape index (κ2) is 3.96. The summed E-state index contributed by atoms with van der Waals surface area (Å²) in [6.45, 7) is 4.11. The van der Waals surface area contributed by atoms with Crippen molar-refractivity contribution < 1.29 is 5.11 Å². The molecule has 0 aromatic heterocycles. The molecule has 0 saturated heterocycles. The van der Waals surface area contributed by atoms with E-state index in [0.717, 1.165) is 5.56 Å². The first-order chi connectivity index (χ1) is 5.74. The molecule has 0 amide bonds. The number of hydrogen-bond acceptors (Lipinski definition) is 1. The Bertz CT molecular complexity index is 276. The molecule has 0 aliphatic rings. The lowest BCUT2D eigenvalue weighted by atomic mass is 10.0. The quantitative estimate of drug-likeness (QED) is 0.662. The van der Waals surface area contributed by atoms with Gasteiger partial charge in [-0.25, -0.2) is 0 Å². The van der Waals surface area contributed by atoms with Gasteiger partial charge in [0.2, 0.25) is 0 Å². The van der Waals surface area contributed by atoms with Gasteiger partial charge in [0.1, 0.15) is 5.75 Å². The lowest BCUT2D eigenvalue weighted by Crippen LogP contribution is -1.87. The molecule has 1 atom stereocenters. The molecule has 1 unspecified atom stereocenters. The Balaban J connectivity index is 2.87. The molecule has 0 spiro atoms. The normalized spacial score (nSPS) is 13.5. The monoisotopic (exact) mass is 162 g/mol. The van der Waals surface area contributed by atoms with Crippen molar-refractivity contribution >= 4 is 0 Å². The van der Waals surface area contributed by atoms with Crippen LogP contribution in [-0.2, 0) is 0 Å². The van der Waals surface area contributed by atoms with Crippen LogP contribution in [0.25, 0.3) is 0 Å². The van der Waals surface area contributed by atoms with Gasteiger partial charge in [-0.1, -0.05) is 31.2 Å². The summed E-state index contributed by atoms with van der Waals surface area (Å²) in [5.74, 6) is 0.714. The number of allylic oxidation sites excluding steroid dienone is 2. The highest BCUT2D eigenvalue weighted by Crippen LogP contribution is 2.20. The van der Waals surface area contributed by atoms with Crippen molar-refractivity contribution in [2.45, 2.75) is 19.8 Å². The van der Waals surface area contributed by atoms with Crippen LogP contribution in [0.5, 0.6) is 5.75 Å². The van der Waals surface area contributed by atoms with Gasteiger partial charge in [-0.15, -0.1) is 0 Å². The van der Waals surface area contributed by atoms with Gasteiger partial charge in [0.25, 0.3) is 0 Å². The maximum atomic E-state index is 9.21. The van der Waals surface area contributed by atoms with Crippen molar-refractivity contribution in [2.75, 3.05) is 0 Å². The van der Waals surface area contributed by atoms with Crippen LogP contribution in [0.3, 0.4) is 0 Å². The van der Waals surface area contributed by atoms with Gasteiger partial charge < -0.3 is 5.11 Å². The summed E-state index contributed by atoms with van der Waals surface area (Å²) >= 11 is 0. The van der Waals surface area contributed by atoms with Crippen LogP contribution in [-0.4, -0.2) is 5.11 Å². The Morgan fingerprint density at radius 1 is 1.42 bits per heavy atom. The fourth-order valence-electron chi connectivity index (χ4n) is 1.21. The van der Waals surface area contributed by atoms with Crippen LogP contribution in [0.1, 0.15) is 25.3 Å². The molecular formula is C11H14O. The maximum Gasteiger partial charge on any atom is 0.115 e. The minimum Gasteiger partial charge on any atom is -0.508 e. The van der Waals surface area contributed by atoms with Crippen molar-refractivity contribution in [2.24, 2.45) is 0 Å². The molecule has 0 heterocycles. The van der Waals surface area contributed by atoms with Gasteiger partial charge in [0, 0.05) is 0 Å². The molecule has 1 nitrogen and oxygen atoms in total. The maximum absolute atomic E-state index is 9.21. The molecule has 0 aliphatic carbocycles. The lowest BCUT2D eigenvalue weighted by molar-refractivity contribution is 0.474. The van der Waals surface area contributed by atoms with Gasteiger partial charge in [0.15, 0.2) is 0 Å². The Labute approximate surface area is 73.4 Å². The predicted octanol–water partition coefficient (Wildman–Crippen LogP) is 3.07. The standard InChI is InChI=1S/C11H14O/c1-3-5-9(2)10-6-4-7-11(12)8-10/h3-9,12H,1-2H3/b5-3-. The van der Waals surface area contributed by atoms with E-state index in [4.69, 9.17) is 0 Å². The van der Waals surface area contributed by atoms with Crippen LogP contribution in [0, 0.1) is 0 Å². The highest BCUT2D eigenvalue weighted by atomic mass is 16.3. The highest BCUT2D eigenvalue weighted by Gasteiger charge is 2.00. The van der Waals surface area contributed by atoms with E-state index < -0.39 is 0 Å². The van der Waals surface area contributed by atoms with E-state index in [2.05, 4.69) is 13.0 Å². The molecular weight excluding hydrogens is 148 g/mol. The molecule has 1 aromatic rings. The molecule has 1 N–H and O–H groups in total. The average molecular weight is 162 g/mol. The largest absolute Gasteiger partial charge is 0.508 e. The molecule has 0 aliphatic heterocycles. The number of phenols is 1. The third-order valence-electron chi connectivity index (χ3n) is 1.88. The summed E-state index contributed by atoms with van der Waals surface area (Å²) in [6.07, 6.45) is 4.13. The number of rotatable bonds is 2. The predicted molar refractivity (Wildman–Crippen MR) is 51.3 cm³/mol. The van der Waals surface area contributed by atoms with Crippen LogP contribution < -0.4 is 0 Å². The van der Waals surface area contributed by atoms with Crippen molar-refractivity contribution in [3.63, 3.8) is 0 Å². The number of aromatic hydroxyl groups is 1. The van der Waals surface area contributed by atoms with E-state index in [1.54, 1.807) is 12.1 Å². The van der Waals surface area contributed by atoms with E-state index in [-0.39, 0.29) is 0 Å². The van der Waals surface area contributed by atoms with Crippen molar-refractivity contribution in [1.29, 1.82) is 0 Å². The summed E-state index contributed by atoms with van der Waals surface area (Å²) in [5.41, 5.74) is 1.15. The second-order valence-corrected chi connectivity index (χ2v) is 2.91. The zero-order chi connectivity index (χ0) is 8.97. The molecule has 0 saturated carbocycles. The molecule has 1 aromatic carbocycles. The fraction of sp³-hybridized carbons (Fsp3) is 0.273. The van der Waals surface area contributed by atoms with Crippen LogP contribution in [0.4, 0.5) is 0 Å². The van der Waals surface area contributed by atoms with Gasteiger partial charge in [-0.3, -0.25) is 0 Å². The third-order valence-corrected chi connectivity index (χ3v) is 1.88. The van der Waals surface area contributed by atoms with Gasteiger partial charge in [-0.2, -0.15) is 0 Å². The van der Waals surface area contributed by atoms with E-state index in [1.807, 2.05) is 25.1 Å². The fourth-order valence-corrected chi connectivity index (χ4v) is 1.21. The van der Waals surface area contributed by atoms with Gasteiger partial charge in [0.05, 0.1) is 0 Å². The Morgan fingerprint density at radius 2 is 2.17 bits per heavy atom. The number of hydrogen-bond donors (Lipinski definition) is 1. The summed E-state index contributed by atoms with van der Waals surface area (Å²) in [5, 5.41) is 9.21. The van der Waals surface area contributed by atoms with Crippen LogP contribution in [0.2, 0.25) is 0 Å². The molecule has 0 radical (unpaired) electrons. The first kappa shape index (κ1) is 8.85. The smallest absolute Gasteiger partial charge is 0.115 e. The van der Waals surface area contributed by atoms with Crippen LogP contribution in [0.15, 0.2) is 36.4 Å². The molecule has 0 fully saturated rings. The summed E-state index contributed by atoms with van der Waals surface area (Å²) in [4.78, 5) is 0. The third kappa shape index (κ3) is 2.12. The first-order valence-corrected chi connectivity index (χ1v) is 4.16. The van der Waals surface area contributed by atoms with Crippen molar-refractivity contribution in [1.82, 2.24) is 0 Å². The SMILES string of the molecule is C/C=C\C(C)c1cccc(O)c1. The average Bonchev–Trinajstić information content (AvgIpc) is 2.05. The van der Waals surface area contributed by atoms with E-state index in [9.17, 15) is 5.11 Å². The van der Waals surface area contributed by atoms with Crippen molar-refractivity contribution in [3.05, 3.63) is 42.0 Å². The summed E-state index contributed by atoms with van der Waals surface area (Å²) in [7, 11) is 0. The molecule has 1 rings (SSSR count). The van der Waals surface area contributed by atoms with E-state index >= 15 is 0 Å². The second-order valence-electron chi connectivity index (χ2n) is 2.91. The minimum absolute atomic E-state index is 0.337. The highest BCUT2D eigenvalue weighted by molar-refractivity contribution is 5.31. The molecule has 12 heavy (non-hydrogen) atoms. The zero-order valence-electron chi connectivity index (χ0n) is 7.49. The summed E-state index contributed by atoms with van der Waals surface area (Å²) in [6, 6.07) is 7.37. The number of phenolic OH excluding ortho intramolecular Hbond substituents is 1. The Morgan fingerprint density at radius 3 is 2.75 bits per heavy atom. The van der Waals surface area contributed by atoms with Gasteiger partial charge in [-0.05, 0) is 30.5 Å². The Hall–Kier alpha value is -1.24. The first-order valence-electron chi connectivity index (χ1n) is 4.16. The number of benzene rings is 1. The van der Waals surface area contributed by atoms with Gasteiger partial charge >= 0.3 is 0 Å². The molecule has 1 heteroatoms. The van der Waals surface area contributed by atoms with Crippen molar-refractivity contribution in [3.8, 4) is 5.75 Å². The zero-order valence-corrected chi connectivity index (χ0v) is 7.49. The van der Waals surface area contributed by atoms with E-state index in [0.29, 0.717) is 11.7 Å². The topological polar surface area (TPSA) is 20.2 Å². The van der Waals surface area contributed by atoms with Crippen LogP contribution >= 0.6 is 0 Å². The Kier molecular flexibility index (Phi) is 2.92. The lowest BCUT2D eigenvalue weighted by Gasteiger charge is -2.05. The minimum atomic E-state index is 0.337. The molecule has 64 valence electrons.